The smallest absolute Gasteiger partial charge is 0.256 e. The predicted octanol–water partition coefficient (Wildman–Crippen LogP) is 3.35. The summed E-state index contributed by atoms with van der Waals surface area (Å²) in [6.07, 6.45) is 3.46. The molecule has 0 fully saturated rings. The Labute approximate surface area is 118 Å². The fourth-order valence-corrected chi connectivity index (χ4v) is 2.90. The Kier molecular flexibility index (Phi) is 3.30. The molecule has 2 unspecified atom stereocenters. The van der Waals surface area contributed by atoms with Gasteiger partial charge in [0.15, 0.2) is 0 Å². The van der Waals surface area contributed by atoms with Crippen molar-refractivity contribution in [3.8, 4) is 0 Å². The van der Waals surface area contributed by atoms with E-state index in [1.807, 2.05) is 6.07 Å². The minimum atomic E-state index is -0.113. The van der Waals surface area contributed by atoms with Crippen molar-refractivity contribution >= 4 is 5.91 Å². The summed E-state index contributed by atoms with van der Waals surface area (Å²) in [7, 11) is 0. The monoisotopic (exact) mass is 270 g/mol. The lowest BCUT2D eigenvalue weighted by molar-refractivity contribution is 0.0930. The highest BCUT2D eigenvalue weighted by molar-refractivity contribution is 5.95. The molecule has 2 aromatic rings. The van der Waals surface area contributed by atoms with Gasteiger partial charge in [0.05, 0.1) is 11.7 Å². The second-order valence-corrected chi connectivity index (χ2v) is 5.45. The van der Waals surface area contributed by atoms with Gasteiger partial charge in [0.2, 0.25) is 0 Å². The predicted molar refractivity (Wildman–Crippen MR) is 75.5 cm³/mol. The number of aryl methyl sites for hydroxylation is 1. The molecule has 0 aliphatic heterocycles. The molecule has 104 valence electrons. The molecule has 1 aliphatic rings. The van der Waals surface area contributed by atoms with E-state index in [2.05, 4.69) is 35.6 Å². The van der Waals surface area contributed by atoms with Crippen LogP contribution in [0.15, 0.2) is 35.1 Å². The van der Waals surface area contributed by atoms with Crippen LogP contribution in [0.5, 0.6) is 0 Å². The van der Waals surface area contributed by atoms with Crippen molar-refractivity contribution in [3.05, 3.63) is 52.9 Å². The number of aromatic nitrogens is 1. The van der Waals surface area contributed by atoms with Crippen LogP contribution in [0.2, 0.25) is 0 Å². The van der Waals surface area contributed by atoms with Crippen LogP contribution < -0.4 is 5.32 Å². The number of amides is 1. The summed E-state index contributed by atoms with van der Waals surface area (Å²) in [4.78, 5) is 12.3. The van der Waals surface area contributed by atoms with E-state index >= 15 is 0 Å². The molecule has 0 radical (unpaired) electrons. The van der Waals surface area contributed by atoms with Crippen LogP contribution in [0, 0.1) is 6.92 Å². The summed E-state index contributed by atoms with van der Waals surface area (Å²) < 4.78 is 4.83. The van der Waals surface area contributed by atoms with Gasteiger partial charge in [-0.2, -0.15) is 0 Å². The average molecular weight is 270 g/mol. The van der Waals surface area contributed by atoms with E-state index in [1.165, 1.54) is 17.4 Å². The van der Waals surface area contributed by atoms with E-state index in [0.29, 0.717) is 17.2 Å². The standard InChI is InChI=1S/C16H18N2O2/c1-10-7-8-15(13-6-4-3-5-12(10)13)17-16(19)14-9-20-18-11(14)2/h3-6,9-10,15H,7-8H2,1-2H3,(H,17,19). The fraction of sp³-hybridized carbons (Fsp3) is 0.375. The van der Waals surface area contributed by atoms with Crippen molar-refractivity contribution in [2.24, 2.45) is 0 Å². The van der Waals surface area contributed by atoms with Gasteiger partial charge in [-0.25, -0.2) is 0 Å². The van der Waals surface area contributed by atoms with Crippen molar-refractivity contribution in [1.82, 2.24) is 10.5 Å². The number of fused-ring (bicyclic) bond motifs is 1. The van der Waals surface area contributed by atoms with Gasteiger partial charge in [-0.15, -0.1) is 0 Å². The van der Waals surface area contributed by atoms with Crippen LogP contribution in [-0.4, -0.2) is 11.1 Å². The molecular weight excluding hydrogens is 252 g/mol. The first-order valence-electron chi connectivity index (χ1n) is 6.97. The van der Waals surface area contributed by atoms with Crippen LogP contribution in [-0.2, 0) is 0 Å². The number of hydrogen-bond donors (Lipinski definition) is 1. The Morgan fingerprint density at radius 2 is 2.05 bits per heavy atom. The van der Waals surface area contributed by atoms with Gasteiger partial charge in [-0.3, -0.25) is 4.79 Å². The molecule has 0 spiro atoms. The molecule has 1 heterocycles. The SMILES string of the molecule is Cc1nocc1C(=O)NC1CCC(C)c2ccccc21. The maximum atomic E-state index is 12.3. The second kappa shape index (κ2) is 5.12. The Morgan fingerprint density at radius 1 is 1.30 bits per heavy atom. The Hall–Kier alpha value is -2.10. The van der Waals surface area contributed by atoms with Crippen LogP contribution in [0.1, 0.15) is 58.9 Å². The molecule has 0 bridgehead atoms. The molecular formula is C16H18N2O2. The third-order valence-corrected chi connectivity index (χ3v) is 4.09. The van der Waals surface area contributed by atoms with Gasteiger partial charge in [0.1, 0.15) is 11.8 Å². The summed E-state index contributed by atoms with van der Waals surface area (Å²) in [6.45, 7) is 4.01. The maximum absolute atomic E-state index is 12.3. The minimum absolute atomic E-state index is 0.0733. The zero-order valence-electron chi connectivity index (χ0n) is 11.7. The second-order valence-electron chi connectivity index (χ2n) is 5.45. The highest BCUT2D eigenvalue weighted by Gasteiger charge is 2.26. The van der Waals surface area contributed by atoms with E-state index in [0.717, 1.165) is 12.8 Å². The zero-order valence-corrected chi connectivity index (χ0v) is 11.7. The van der Waals surface area contributed by atoms with Crippen LogP contribution in [0.25, 0.3) is 0 Å². The first-order chi connectivity index (χ1) is 9.66. The van der Waals surface area contributed by atoms with Crippen molar-refractivity contribution in [2.75, 3.05) is 0 Å². The van der Waals surface area contributed by atoms with E-state index < -0.39 is 0 Å². The highest BCUT2D eigenvalue weighted by Crippen LogP contribution is 2.37. The highest BCUT2D eigenvalue weighted by atomic mass is 16.5. The molecule has 0 saturated heterocycles. The topological polar surface area (TPSA) is 55.1 Å². The number of nitrogens with one attached hydrogen (secondary N) is 1. The Bertz CT molecular complexity index is 633. The summed E-state index contributed by atoms with van der Waals surface area (Å²) >= 11 is 0. The van der Waals surface area contributed by atoms with Gasteiger partial charge in [0.25, 0.3) is 5.91 Å². The summed E-state index contributed by atoms with van der Waals surface area (Å²) in [5.41, 5.74) is 3.71. The van der Waals surface area contributed by atoms with Crippen molar-refractivity contribution in [1.29, 1.82) is 0 Å². The van der Waals surface area contributed by atoms with Crippen LogP contribution >= 0.6 is 0 Å². The van der Waals surface area contributed by atoms with E-state index in [4.69, 9.17) is 4.52 Å². The molecule has 4 nitrogen and oxygen atoms in total. The molecule has 1 N–H and O–H groups in total. The first kappa shape index (κ1) is 12.9. The number of hydrogen-bond acceptors (Lipinski definition) is 3. The van der Waals surface area contributed by atoms with Crippen molar-refractivity contribution in [2.45, 2.75) is 38.6 Å². The molecule has 1 aliphatic carbocycles. The van der Waals surface area contributed by atoms with Crippen molar-refractivity contribution < 1.29 is 9.32 Å². The largest absolute Gasteiger partial charge is 0.364 e. The molecule has 2 atom stereocenters. The molecule has 0 saturated carbocycles. The summed E-state index contributed by atoms with van der Waals surface area (Å²) in [5, 5.41) is 6.85. The van der Waals surface area contributed by atoms with Gasteiger partial charge in [0, 0.05) is 0 Å². The summed E-state index contributed by atoms with van der Waals surface area (Å²) in [5.74, 6) is 0.440. The Balaban J connectivity index is 1.84. The molecule has 3 rings (SSSR count). The lowest BCUT2D eigenvalue weighted by atomic mass is 9.81. The van der Waals surface area contributed by atoms with E-state index in [9.17, 15) is 4.79 Å². The van der Waals surface area contributed by atoms with Crippen LogP contribution in [0.4, 0.5) is 0 Å². The van der Waals surface area contributed by atoms with Gasteiger partial charge < -0.3 is 9.84 Å². The molecule has 4 heteroatoms. The fourth-order valence-electron chi connectivity index (χ4n) is 2.90. The van der Waals surface area contributed by atoms with Crippen molar-refractivity contribution in [3.63, 3.8) is 0 Å². The number of carbonyl (C=O) groups excluding carboxylic acids is 1. The Morgan fingerprint density at radius 3 is 2.75 bits per heavy atom. The third kappa shape index (κ3) is 2.22. The molecule has 1 aromatic carbocycles. The maximum Gasteiger partial charge on any atom is 0.256 e. The molecule has 1 amide bonds. The van der Waals surface area contributed by atoms with E-state index in [-0.39, 0.29) is 11.9 Å². The lowest BCUT2D eigenvalue weighted by Gasteiger charge is -2.30. The number of benzene rings is 1. The van der Waals surface area contributed by atoms with E-state index in [1.54, 1.807) is 6.92 Å². The number of nitrogens with zero attached hydrogens (tertiary/aromatic N) is 1. The first-order valence-corrected chi connectivity index (χ1v) is 6.97. The minimum Gasteiger partial charge on any atom is -0.364 e. The van der Waals surface area contributed by atoms with Crippen LogP contribution in [0.3, 0.4) is 0 Å². The number of rotatable bonds is 2. The summed E-state index contributed by atoms with van der Waals surface area (Å²) in [6, 6.07) is 8.42. The van der Waals surface area contributed by atoms with Gasteiger partial charge >= 0.3 is 0 Å². The average Bonchev–Trinajstić information content (AvgIpc) is 2.88. The normalized spacial score (nSPS) is 21.3. The molecule has 20 heavy (non-hydrogen) atoms. The quantitative estimate of drug-likeness (QED) is 0.910. The number of carbonyl (C=O) groups is 1. The zero-order chi connectivity index (χ0) is 14.1. The lowest BCUT2D eigenvalue weighted by Crippen LogP contribution is -2.31. The van der Waals surface area contributed by atoms with Gasteiger partial charge in [-0.1, -0.05) is 36.3 Å². The third-order valence-electron chi connectivity index (χ3n) is 4.09. The molecule has 1 aromatic heterocycles. The van der Waals surface area contributed by atoms with Gasteiger partial charge in [-0.05, 0) is 36.8 Å².